The number of carbonyl (C=O) groups is 1. The summed E-state index contributed by atoms with van der Waals surface area (Å²) < 4.78 is 21.8. The van der Waals surface area contributed by atoms with Crippen molar-refractivity contribution in [1.29, 1.82) is 0 Å². The van der Waals surface area contributed by atoms with Crippen molar-refractivity contribution in [2.45, 2.75) is 71.7 Å². The highest BCUT2D eigenvalue weighted by Gasteiger charge is 2.34. The maximum Gasteiger partial charge on any atom is 0.410 e. The number of rotatable bonds is 3. The van der Waals surface area contributed by atoms with Crippen LogP contribution in [0, 0.1) is 6.92 Å². The third-order valence-corrected chi connectivity index (χ3v) is 4.63. The smallest absolute Gasteiger partial charge is 0.410 e. The molecule has 0 saturated carbocycles. The second kappa shape index (κ2) is 7.52. The van der Waals surface area contributed by atoms with Gasteiger partial charge in [0.1, 0.15) is 23.1 Å². The monoisotopic (exact) mass is 392 g/mol. The van der Waals surface area contributed by atoms with Gasteiger partial charge in [-0.2, -0.15) is 0 Å². The number of halogens is 1. The van der Waals surface area contributed by atoms with E-state index in [2.05, 4.69) is 20.4 Å². The molecule has 0 radical (unpaired) electrons. The van der Waals surface area contributed by atoms with Gasteiger partial charge in [-0.1, -0.05) is 13.8 Å². The summed E-state index contributed by atoms with van der Waals surface area (Å²) in [6.45, 7) is 11.8. The van der Waals surface area contributed by atoms with Crippen LogP contribution in [0.25, 0.3) is 5.52 Å². The van der Waals surface area contributed by atoms with Crippen molar-refractivity contribution in [3.05, 3.63) is 17.7 Å². The lowest BCUT2D eigenvalue weighted by Crippen LogP contribution is -2.51. The second-order valence-corrected chi connectivity index (χ2v) is 8.57. The molecule has 0 bridgehead atoms. The fourth-order valence-electron chi connectivity index (χ4n) is 3.21. The van der Waals surface area contributed by atoms with Crippen molar-refractivity contribution in [3.8, 4) is 0 Å². The first-order valence-electron chi connectivity index (χ1n) is 9.66. The average molecular weight is 392 g/mol. The van der Waals surface area contributed by atoms with Gasteiger partial charge >= 0.3 is 6.09 Å². The normalized spacial score (nSPS) is 20.6. The van der Waals surface area contributed by atoms with Crippen LogP contribution in [0.5, 0.6) is 0 Å². The van der Waals surface area contributed by atoms with Gasteiger partial charge in [0.2, 0.25) is 5.95 Å². The number of hydrogen-bond acceptors (Lipinski definition) is 6. The Morgan fingerprint density at radius 1 is 1.39 bits per heavy atom. The van der Waals surface area contributed by atoms with Gasteiger partial charge < -0.3 is 15.0 Å². The number of imidazole rings is 1. The maximum absolute atomic E-state index is 14.7. The molecule has 3 heterocycles. The Morgan fingerprint density at radius 2 is 2.11 bits per heavy atom. The molecule has 2 aromatic heterocycles. The summed E-state index contributed by atoms with van der Waals surface area (Å²) in [5.74, 6) is 1.40. The number of fused-ring (bicyclic) bond motifs is 1. The quantitative estimate of drug-likeness (QED) is 0.863. The Bertz CT molecular complexity index is 860. The number of likely N-dealkylation sites (tertiary alicyclic amines) is 1. The summed E-state index contributed by atoms with van der Waals surface area (Å²) in [5, 5.41) is 7.59. The highest BCUT2D eigenvalue weighted by molar-refractivity contribution is 5.68. The Labute approximate surface area is 164 Å². The molecule has 1 amide bonds. The van der Waals surface area contributed by atoms with Crippen LogP contribution in [0.3, 0.4) is 0 Å². The van der Waals surface area contributed by atoms with Crippen molar-refractivity contribution in [1.82, 2.24) is 24.5 Å². The zero-order valence-corrected chi connectivity index (χ0v) is 17.4. The largest absolute Gasteiger partial charge is 0.444 e. The van der Waals surface area contributed by atoms with E-state index >= 15 is 0 Å². The molecule has 0 unspecified atom stereocenters. The van der Waals surface area contributed by atoms with Gasteiger partial charge in [-0.25, -0.2) is 23.7 Å². The molecule has 0 aromatic carbocycles. The van der Waals surface area contributed by atoms with Crippen molar-refractivity contribution in [2.75, 3.05) is 18.4 Å². The number of aryl methyl sites for hydroxylation is 1. The van der Waals surface area contributed by atoms with E-state index in [0.29, 0.717) is 18.9 Å². The number of anilines is 1. The molecule has 0 spiro atoms. The SMILES string of the molecule is Cc1nc(C(C)C)n2nc(N[C@@H]3CCN(C(=O)OC(C)(C)C)C[C@H]3F)ncc12. The van der Waals surface area contributed by atoms with Gasteiger partial charge in [0, 0.05) is 12.5 Å². The molecular weight excluding hydrogens is 363 g/mol. The summed E-state index contributed by atoms with van der Waals surface area (Å²) in [5.41, 5.74) is 1.10. The van der Waals surface area contributed by atoms with Crippen LogP contribution in [0.15, 0.2) is 6.20 Å². The molecule has 1 N–H and O–H groups in total. The molecule has 8 nitrogen and oxygen atoms in total. The van der Waals surface area contributed by atoms with Gasteiger partial charge in [0.25, 0.3) is 0 Å². The van der Waals surface area contributed by atoms with Crippen LogP contribution in [0.4, 0.5) is 15.1 Å². The zero-order chi connectivity index (χ0) is 20.6. The van der Waals surface area contributed by atoms with E-state index in [0.717, 1.165) is 17.0 Å². The van der Waals surface area contributed by atoms with Crippen molar-refractivity contribution >= 4 is 17.6 Å². The van der Waals surface area contributed by atoms with E-state index in [1.807, 2.05) is 20.8 Å². The van der Waals surface area contributed by atoms with Crippen LogP contribution >= 0.6 is 0 Å². The number of hydrogen-bond donors (Lipinski definition) is 1. The van der Waals surface area contributed by atoms with Crippen LogP contribution in [0.2, 0.25) is 0 Å². The highest BCUT2D eigenvalue weighted by atomic mass is 19.1. The second-order valence-electron chi connectivity index (χ2n) is 8.57. The van der Waals surface area contributed by atoms with E-state index in [4.69, 9.17) is 4.74 Å². The number of piperidine rings is 1. The number of nitrogens with zero attached hydrogens (tertiary/aromatic N) is 5. The standard InChI is InChI=1S/C19H29FN6O2/c1-11(2)16-22-12(3)15-9-21-17(24-26(15)16)23-14-7-8-25(10-13(14)20)18(27)28-19(4,5)6/h9,11,13-14H,7-8,10H2,1-6H3,(H,23,24)/t13-,14-/m1/s1. The fraction of sp³-hybridized carbons (Fsp3) is 0.684. The minimum absolute atomic E-state index is 0.0176. The predicted octanol–water partition coefficient (Wildman–Crippen LogP) is 3.32. The van der Waals surface area contributed by atoms with E-state index in [1.165, 1.54) is 4.90 Å². The van der Waals surface area contributed by atoms with Crippen molar-refractivity contribution in [3.63, 3.8) is 0 Å². The van der Waals surface area contributed by atoms with Crippen molar-refractivity contribution in [2.24, 2.45) is 0 Å². The van der Waals surface area contributed by atoms with E-state index in [-0.39, 0.29) is 12.5 Å². The number of aromatic nitrogens is 4. The number of ether oxygens (including phenoxy) is 1. The number of amides is 1. The Morgan fingerprint density at radius 3 is 2.71 bits per heavy atom. The molecule has 1 saturated heterocycles. The van der Waals surface area contributed by atoms with Gasteiger partial charge in [0.05, 0.1) is 24.5 Å². The zero-order valence-electron chi connectivity index (χ0n) is 17.4. The molecule has 1 aliphatic rings. The van der Waals surface area contributed by atoms with Crippen LogP contribution < -0.4 is 5.32 Å². The predicted molar refractivity (Wildman–Crippen MR) is 104 cm³/mol. The maximum atomic E-state index is 14.7. The Hall–Kier alpha value is -2.45. The summed E-state index contributed by atoms with van der Waals surface area (Å²) in [7, 11) is 0. The molecule has 2 aromatic rings. The summed E-state index contributed by atoms with van der Waals surface area (Å²) in [6, 6.07) is -0.469. The first kappa shape index (κ1) is 20.3. The molecule has 1 fully saturated rings. The van der Waals surface area contributed by atoms with E-state index in [9.17, 15) is 9.18 Å². The molecule has 3 rings (SSSR count). The molecule has 0 aliphatic carbocycles. The lowest BCUT2D eigenvalue weighted by Gasteiger charge is -2.35. The van der Waals surface area contributed by atoms with Crippen LogP contribution in [-0.4, -0.2) is 61.5 Å². The van der Waals surface area contributed by atoms with E-state index in [1.54, 1.807) is 31.5 Å². The Kier molecular flexibility index (Phi) is 5.45. The fourth-order valence-corrected chi connectivity index (χ4v) is 3.21. The molecular formula is C19H29FN6O2. The van der Waals surface area contributed by atoms with Gasteiger partial charge in [0.15, 0.2) is 0 Å². The summed E-state index contributed by atoms with van der Waals surface area (Å²) >= 11 is 0. The topological polar surface area (TPSA) is 84.7 Å². The lowest BCUT2D eigenvalue weighted by atomic mass is 10.0. The van der Waals surface area contributed by atoms with Crippen molar-refractivity contribution < 1.29 is 13.9 Å². The highest BCUT2D eigenvalue weighted by Crippen LogP contribution is 2.22. The molecule has 2 atom stereocenters. The third kappa shape index (κ3) is 4.34. The summed E-state index contributed by atoms with van der Waals surface area (Å²) in [4.78, 5) is 22.4. The van der Waals surface area contributed by atoms with E-state index < -0.39 is 23.9 Å². The van der Waals surface area contributed by atoms with Gasteiger partial charge in [-0.3, -0.25) is 0 Å². The molecule has 154 valence electrons. The molecule has 28 heavy (non-hydrogen) atoms. The summed E-state index contributed by atoms with van der Waals surface area (Å²) in [6.07, 6.45) is 0.422. The minimum atomic E-state index is -1.24. The van der Waals surface area contributed by atoms with Crippen LogP contribution in [0.1, 0.15) is 58.5 Å². The minimum Gasteiger partial charge on any atom is -0.444 e. The Balaban J connectivity index is 1.69. The van der Waals surface area contributed by atoms with Crippen LogP contribution in [-0.2, 0) is 4.74 Å². The first-order chi connectivity index (χ1) is 13.0. The van der Waals surface area contributed by atoms with Gasteiger partial charge in [-0.05, 0) is 34.1 Å². The lowest BCUT2D eigenvalue weighted by molar-refractivity contribution is 0.0125. The first-order valence-corrected chi connectivity index (χ1v) is 9.66. The number of nitrogens with one attached hydrogen (secondary N) is 1. The number of carbonyl (C=O) groups excluding carboxylic acids is 1. The molecule has 9 heteroatoms. The number of alkyl halides is 1. The van der Waals surface area contributed by atoms with Gasteiger partial charge in [-0.15, -0.1) is 5.10 Å². The third-order valence-electron chi connectivity index (χ3n) is 4.63. The molecule has 1 aliphatic heterocycles. The average Bonchev–Trinajstić information content (AvgIpc) is 2.92.